The van der Waals surface area contributed by atoms with Crippen molar-refractivity contribution in [2.75, 3.05) is 6.61 Å². The molecule has 0 aliphatic heterocycles. The molecule has 0 fully saturated rings. The summed E-state index contributed by atoms with van der Waals surface area (Å²) in [5.74, 6) is 0.394. The van der Waals surface area contributed by atoms with E-state index in [0.717, 1.165) is 16.6 Å². The van der Waals surface area contributed by atoms with E-state index in [1.807, 2.05) is 30.5 Å². The van der Waals surface area contributed by atoms with Crippen LogP contribution in [0.1, 0.15) is 11.1 Å². The highest BCUT2D eigenvalue weighted by molar-refractivity contribution is 5.82. The summed E-state index contributed by atoms with van der Waals surface area (Å²) in [7, 11) is 0. The summed E-state index contributed by atoms with van der Waals surface area (Å²) in [5, 5.41) is 9.32. The minimum absolute atomic E-state index is 0.0146. The van der Waals surface area contributed by atoms with Gasteiger partial charge in [-0.25, -0.2) is 9.37 Å². The Labute approximate surface area is 122 Å². The summed E-state index contributed by atoms with van der Waals surface area (Å²) in [6.45, 7) is 4.54. The standard InChI is InChI=1S/C17H17FN2O/c1-11-8-15-16(9-12(11)2)20(6-7-21)17(19-15)13-4-3-5-14(18)10-13/h3-5,8-10,21H,6-7H2,1-2H3. The number of fused-ring (bicyclic) bond motifs is 1. The smallest absolute Gasteiger partial charge is 0.141 e. The van der Waals surface area contributed by atoms with Gasteiger partial charge in [-0.05, 0) is 49.2 Å². The number of imidazole rings is 1. The molecule has 108 valence electrons. The summed E-state index contributed by atoms with van der Waals surface area (Å²) in [5.41, 5.74) is 4.89. The van der Waals surface area contributed by atoms with Gasteiger partial charge in [-0.3, -0.25) is 0 Å². The molecule has 3 rings (SSSR count). The van der Waals surface area contributed by atoms with Crippen molar-refractivity contribution in [2.24, 2.45) is 0 Å². The van der Waals surface area contributed by atoms with E-state index in [1.165, 1.54) is 23.3 Å². The first-order valence-corrected chi connectivity index (χ1v) is 6.94. The number of halogens is 1. The maximum Gasteiger partial charge on any atom is 0.141 e. The molecule has 1 N–H and O–H groups in total. The summed E-state index contributed by atoms with van der Waals surface area (Å²) >= 11 is 0. The van der Waals surface area contributed by atoms with Crippen LogP contribution in [0.5, 0.6) is 0 Å². The van der Waals surface area contributed by atoms with Gasteiger partial charge in [-0.1, -0.05) is 12.1 Å². The maximum absolute atomic E-state index is 13.5. The lowest BCUT2D eigenvalue weighted by molar-refractivity contribution is 0.278. The highest BCUT2D eigenvalue weighted by atomic mass is 19.1. The van der Waals surface area contributed by atoms with Crippen molar-refractivity contribution < 1.29 is 9.50 Å². The fourth-order valence-corrected chi connectivity index (χ4v) is 2.55. The van der Waals surface area contributed by atoms with Gasteiger partial charge in [0.15, 0.2) is 0 Å². The first-order valence-electron chi connectivity index (χ1n) is 6.94. The Balaban J connectivity index is 2.28. The average Bonchev–Trinajstić information content (AvgIpc) is 2.78. The zero-order chi connectivity index (χ0) is 15.0. The third-order valence-corrected chi connectivity index (χ3v) is 3.77. The number of rotatable bonds is 3. The zero-order valence-corrected chi connectivity index (χ0v) is 12.1. The van der Waals surface area contributed by atoms with Crippen molar-refractivity contribution in [3.8, 4) is 11.4 Å². The zero-order valence-electron chi connectivity index (χ0n) is 12.1. The Bertz CT molecular complexity index is 808. The van der Waals surface area contributed by atoms with E-state index < -0.39 is 0 Å². The van der Waals surface area contributed by atoms with Gasteiger partial charge in [0.05, 0.1) is 17.6 Å². The monoisotopic (exact) mass is 284 g/mol. The Morgan fingerprint density at radius 1 is 1.14 bits per heavy atom. The van der Waals surface area contributed by atoms with Gasteiger partial charge in [0.2, 0.25) is 0 Å². The largest absolute Gasteiger partial charge is 0.395 e. The van der Waals surface area contributed by atoms with Gasteiger partial charge in [0, 0.05) is 12.1 Å². The molecule has 0 bridgehead atoms. The van der Waals surface area contributed by atoms with Gasteiger partial charge in [-0.15, -0.1) is 0 Å². The predicted molar refractivity (Wildman–Crippen MR) is 81.7 cm³/mol. The number of aliphatic hydroxyl groups excluding tert-OH is 1. The lowest BCUT2D eigenvalue weighted by Crippen LogP contribution is -2.04. The van der Waals surface area contributed by atoms with E-state index >= 15 is 0 Å². The van der Waals surface area contributed by atoms with Crippen LogP contribution < -0.4 is 0 Å². The lowest BCUT2D eigenvalue weighted by Gasteiger charge is -2.08. The van der Waals surface area contributed by atoms with Gasteiger partial charge in [-0.2, -0.15) is 0 Å². The summed E-state index contributed by atoms with van der Waals surface area (Å²) in [6.07, 6.45) is 0. The van der Waals surface area contributed by atoms with Crippen LogP contribution in [-0.4, -0.2) is 21.3 Å². The molecule has 3 nitrogen and oxygen atoms in total. The van der Waals surface area contributed by atoms with Crippen LogP contribution in [0.3, 0.4) is 0 Å². The van der Waals surface area contributed by atoms with Crippen molar-refractivity contribution in [1.29, 1.82) is 0 Å². The first kappa shape index (κ1) is 13.8. The molecule has 0 saturated carbocycles. The van der Waals surface area contributed by atoms with E-state index in [9.17, 15) is 9.50 Å². The normalized spacial score (nSPS) is 11.2. The van der Waals surface area contributed by atoms with Crippen LogP contribution in [-0.2, 0) is 6.54 Å². The number of aliphatic hydroxyl groups is 1. The van der Waals surface area contributed by atoms with E-state index in [2.05, 4.69) is 11.1 Å². The van der Waals surface area contributed by atoms with Crippen LogP contribution >= 0.6 is 0 Å². The first-order chi connectivity index (χ1) is 10.1. The SMILES string of the molecule is Cc1cc2nc(-c3cccc(F)c3)n(CCO)c2cc1C. The molecule has 1 aromatic heterocycles. The molecule has 0 saturated heterocycles. The van der Waals surface area contributed by atoms with Crippen molar-refractivity contribution in [1.82, 2.24) is 9.55 Å². The molecule has 0 atom stereocenters. The molecule has 0 amide bonds. The summed E-state index contributed by atoms with van der Waals surface area (Å²) in [6, 6.07) is 10.5. The molecule has 0 radical (unpaired) electrons. The minimum atomic E-state index is -0.289. The van der Waals surface area contributed by atoms with Crippen LogP contribution in [0.4, 0.5) is 4.39 Å². The topological polar surface area (TPSA) is 38.0 Å². The van der Waals surface area contributed by atoms with Gasteiger partial charge in [0.1, 0.15) is 11.6 Å². The van der Waals surface area contributed by atoms with Crippen molar-refractivity contribution in [3.63, 3.8) is 0 Å². The van der Waals surface area contributed by atoms with E-state index in [0.29, 0.717) is 12.4 Å². The van der Waals surface area contributed by atoms with Crippen molar-refractivity contribution >= 4 is 11.0 Å². The minimum Gasteiger partial charge on any atom is -0.395 e. The fraction of sp³-hybridized carbons (Fsp3) is 0.235. The second-order valence-corrected chi connectivity index (χ2v) is 5.25. The maximum atomic E-state index is 13.5. The van der Waals surface area contributed by atoms with E-state index in [4.69, 9.17) is 0 Å². The quantitative estimate of drug-likeness (QED) is 0.800. The third kappa shape index (κ3) is 2.43. The number of hydrogen-bond donors (Lipinski definition) is 1. The highest BCUT2D eigenvalue weighted by Crippen LogP contribution is 2.27. The van der Waals surface area contributed by atoms with Crippen LogP contribution in [0.15, 0.2) is 36.4 Å². The Morgan fingerprint density at radius 3 is 2.62 bits per heavy atom. The highest BCUT2D eigenvalue weighted by Gasteiger charge is 2.13. The molecule has 3 aromatic rings. The predicted octanol–water partition coefficient (Wildman–Crippen LogP) is 3.45. The summed E-state index contributed by atoms with van der Waals surface area (Å²) in [4.78, 5) is 4.63. The van der Waals surface area contributed by atoms with Crippen LogP contribution in [0.2, 0.25) is 0 Å². The second kappa shape index (κ2) is 5.30. The number of nitrogens with zero attached hydrogens (tertiary/aromatic N) is 2. The lowest BCUT2D eigenvalue weighted by atomic mass is 10.1. The number of benzene rings is 2. The van der Waals surface area contributed by atoms with Crippen molar-refractivity contribution in [2.45, 2.75) is 20.4 Å². The fourth-order valence-electron chi connectivity index (χ4n) is 2.55. The molecule has 1 heterocycles. The van der Waals surface area contributed by atoms with Gasteiger partial charge >= 0.3 is 0 Å². The molecule has 0 aliphatic rings. The molecule has 0 unspecified atom stereocenters. The number of aryl methyl sites for hydroxylation is 2. The Morgan fingerprint density at radius 2 is 1.90 bits per heavy atom. The summed E-state index contributed by atoms with van der Waals surface area (Å²) < 4.78 is 15.4. The van der Waals surface area contributed by atoms with Crippen LogP contribution in [0.25, 0.3) is 22.4 Å². The Kier molecular flexibility index (Phi) is 3.47. The third-order valence-electron chi connectivity index (χ3n) is 3.77. The molecule has 2 aromatic carbocycles. The molecule has 4 heteroatoms. The molecular formula is C17H17FN2O. The van der Waals surface area contributed by atoms with Crippen molar-refractivity contribution in [3.05, 3.63) is 53.3 Å². The molecular weight excluding hydrogens is 267 g/mol. The average molecular weight is 284 g/mol. The molecule has 0 aliphatic carbocycles. The van der Waals surface area contributed by atoms with E-state index in [1.54, 1.807) is 6.07 Å². The molecule has 21 heavy (non-hydrogen) atoms. The van der Waals surface area contributed by atoms with Crippen LogP contribution in [0, 0.1) is 19.7 Å². The number of hydrogen-bond acceptors (Lipinski definition) is 2. The molecule has 0 spiro atoms. The van der Waals surface area contributed by atoms with Gasteiger partial charge < -0.3 is 9.67 Å². The number of aromatic nitrogens is 2. The van der Waals surface area contributed by atoms with Gasteiger partial charge in [0.25, 0.3) is 0 Å². The van der Waals surface area contributed by atoms with E-state index in [-0.39, 0.29) is 12.4 Å². The second-order valence-electron chi connectivity index (χ2n) is 5.25. The Hall–Kier alpha value is -2.20.